The smallest absolute Gasteiger partial charge is 0.336 e. The molecule has 0 spiro atoms. The molecule has 15 heavy (non-hydrogen) atoms. The fourth-order valence-electron chi connectivity index (χ4n) is 1.10. The second-order valence-corrected chi connectivity index (χ2v) is 9.66. The van der Waals surface area contributed by atoms with Crippen LogP contribution in [0.2, 0.25) is 0 Å². The van der Waals surface area contributed by atoms with Crippen LogP contribution in [-0.2, 0) is 9.59 Å². The van der Waals surface area contributed by atoms with Crippen molar-refractivity contribution in [3.05, 3.63) is 21.3 Å². The van der Waals surface area contributed by atoms with Gasteiger partial charge >= 0.3 is 11.9 Å². The second-order valence-electron chi connectivity index (χ2n) is 2.87. The van der Waals surface area contributed by atoms with E-state index in [2.05, 4.69) is 0 Å². The summed E-state index contributed by atoms with van der Waals surface area (Å²) >= 11 is 5.91. The molecule has 0 radical (unpaired) electrons. The Bertz CT molecular complexity index is 383. The highest BCUT2D eigenvalue weighted by Crippen LogP contribution is 2.45. The Labute approximate surface area is 127 Å². The molecule has 1 aliphatic rings. The molecule has 0 amide bonds. The van der Waals surface area contributed by atoms with Gasteiger partial charge in [-0.1, -0.05) is 51.3 Å². The maximum Gasteiger partial charge on any atom is 0.336 e. The van der Waals surface area contributed by atoms with E-state index in [0.717, 1.165) is 0 Å². The largest absolute Gasteiger partial charge is 0.481 e. The number of aliphatic carboxylic acids is 2. The number of hydrogen-bond donors (Lipinski definition) is 2. The summed E-state index contributed by atoms with van der Waals surface area (Å²) in [6.45, 7) is 0. The van der Waals surface area contributed by atoms with Gasteiger partial charge in [0.15, 0.2) is 0 Å². The van der Waals surface area contributed by atoms with E-state index < -0.39 is 19.3 Å². The van der Waals surface area contributed by atoms with Crippen LogP contribution in [0, 0.1) is 5.92 Å². The highest BCUT2D eigenvalue weighted by Gasteiger charge is 2.40. The maximum absolute atomic E-state index is 11.0. The van der Waals surface area contributed by atoms with E-state index in [-0.39, 0.29) is 5.57 Å². The van der Waals surface area contributed by atoms with Crippen molar-refractivity contribution in [1.82, 2.24) is 0 Å². The molecule has 0 fully saturated rings. The first-order chi connectivity index (χ1) is 6.75. The zero-order valence-electron chi connectivity index (χ0n) is 7.08. The molecule has 7 heteroatoms. The molecule has 82 valence electrons. The summed E-state index contributed by atoms with van der Waals surface area (Å²) in [7, 11) is 0. The number of hydrogen-bond acceptors (Lipinski definition) is 2. The Balaban J connectivity index is 3.21. The quantitative estimate of drug-likeness (QED) is 0.413. The van der Waals surface area contributed by atoms with Crippen molar-refractivity contribution < 1.29 is 19.8 Å². The van der Waals surface area contributed by atoms with Crippen LogP contribution >= 0.6 is 67.8 Å². The average Bonchev–Trinajstić information content (AvgIpc) is 1.99. The zero-order valence-corrected chi connectivity index (χ0v) is 13.5. The first-order valence-electron chi connectivity index (χ1n) is 3.70. The molecule has 0 aliphatic heterocycles. The second kappa shape index (κ2) is 4.85. The summed E-state index contributed by atoms with van der Waals surface area (Å²) in [6, 6.07) is 0. The van der Waals surface area contributed by atoms with Crippen molar-refractivity contribution in [1.29, 1.82) is 0 Å². The molecule has 1 unspecified atom stereocenters. The monoisotopic (exact) mass is 546 g/mol. The van der Waals surface area contributed by atoms with Gasteiger partial charge in [0.2, 0.25) is 0 Å². The first kappa shape index (κ1) is 13.7. The third-order valence-electron chi connectivity index (χ3n) is 1.82. The highest BCUT2D eigenvalue weighted by molar-refractivity contribution is 14.2. The molecule has 1 atom stereocenters. The average molecular weight is 546 g/mol. The SMILES string of the molecule is O=C(O)C1=CC(C(=O)O)C(I)(I)C=C1I. The Morgan fingerprint density at radius 1 is 1.33 bits per heavy atom. The van der Waals surface area contributed by atoms with Crippen LogP contribution in [0.4, 0.5) is 0 Å². The minimum absolute atomic E-state index is 0.0620. The highest BCUT2D eigenvalue weighted by atomic mass is 127. The topological polar surface area (TPSA) is 74.6 Å². The third kappa shape index (κ3) is 3.05. The molecule has 2 N–H and O–H groups in total. The summed E-state index contributed by atoms with van der Waals surface area (Å²) in [5.74, 6) is -2.92. The summed E-state index contributed by atoms with van der Waals surface area (Å²) in [5, 5.41) is 17.8. The van der Waals surface area contributed by atoms with Gasteiger partial charge in [-0.2, -0.15) is 0 Å². The van der Waals surface area contributed by atoms with E-state index in [1.54, 1.807) is 6.08 Å². The normalized spacial score (nSPS) is 24.1. The Kier molecular flexibility index (Phi) is 4.43. The fraction of sp³-hybridized carbons (Fsp3) is 0.250. The number of carboxylic acids is 2. The van der Waals surface area contributed by atoms with Crippen LogP contribution in [0.5, 0.6) is 0 Å². The molecule has 0 aromatic heterocycles. The van der Waals surface area contributed by atoms with Crippen LogP contribution < -0.4 is 0 Å². The number of carboxylic acid groups (broad SMARTS) is 2. The van der Waals surface area contributed by atoms with Gasteiger partial charge in [0.25, 0.3) is 0 Å². The molecule has 0 heterocycles. The standard InChI is InChI=1S/C8H5I3O4/c9-5-2-8(10,11)4(7(14)15)1-3(5)6(12)13/h1-2,4H,(H,12,13)(H,14,15). The lowest BCUT2D eigenvalue weighted by Gasteiger charge is -2.26. The zero-order chi connectivity index (χ0) is 11.8. The van der Waals surface area contributed by atoms with Crippen molar-refractivity contribution in [2.75, 3.05) is 0 Å². The fourth-order valence-corrected chi connectivity index (χ4v) is 4.71. The van der Waals surface area contributed by atoms with Crippen molar-refractivity contribution in [3.63, 3.8) is 0 Å². The molecule has 0 saturated carbocycles. The lowest BCUT2D eigenvalue weighted by Crippen LogP contribution is -2.31. The maximum atomic E-state index is 11.0. The van der Waals surface area contributed by atoms with E-state index >= 15 is 0 Å². The van der Waals surface area contributed by atoms with E-state index in [1.165, 1.54) is 6.08 Å². The number of halogens is 3. The predicted octanol–water partition coefficient (Wildman–Crippen LogP) is 2.60. The molecule has 1 aliphatic carbocycles. The summed E-state index contributed by atoms with van der Waals surface area (Å²) in [6.07, 6.45) is 2.96. The lowest BCUT2D eigenvalue weighted by molar-refractivity contribution is -0.139. The van der Waals surface area contributed by atoms with Crippen molar-refractivity contribution in [2.45, 2.75) is 1.43 Å². The minimum atomic E-state index is -1.09. The van der Waals surface area contributed by atoms with Gasteiger partial charge < -0.3 is 10.2 Å². The van der Waals surface area contributed by atoms with Crippen LogP contribution in [0.3, 0.4) is 0 Å². The van der Waals surface area contributed by atoms with E-state index in [1.807, 2.05) is 67.8 Å². The van der Waals surface area contributed by atoms with Crippen LogP contribution in [-0.4, -0.2) is 23.6 Å². The van der Waals surface area contributed by atoms with E-state index in [4.69, 9.17) is 10.2 Å². The van der Waals surface area contributed by atoms with Crippen molar-refractivity contribution in [2.24, 2.45) is 5.92 Å². The molecule has 0 bridgehead atoms. The third-order valence-corrected chi connectivity index (χ3v) is 4.68. The summed E-state index contributed by atoms with van der Waals surface area (Å²) in [4.78, 5) is 21.8. The Morgan fingerprint density at radius 3 is 2.27 bits per heavy atom. The summed E-state index contributed by atoms with van der Waals surface area (Å²) in [5.41, 5.74) is 0.0620. The van der Waals surface area contributed by atoms with Crippen LogP contribution in [0.1, 0.15) is 0 Å². The molecular formula is C8H5I3O4. The molecule has 4 nitrogen and oxygen atoms in total. The lowest BCUT2D eigenvalue weighted by atomic mass is 9.96. The van der Waals surface area contributed by atoms with Gasteiger partial charge in [-0.05, 0) is 28.7 Å². The van der Waals surface area contributed by atoms with Crippen molar-refractivity contribution >= 4 is 79.7 Å². The van der Waals surface area contributed by atoms with Crippen LogP contribution in [0.25, 0.3) is 0 Å². The Hall–Kier alpha value is 0.610. The van der Waals surface area contributed by atoms with E-state index in [0.29, 0.717) is 3.58 Å². The van der Waals surface area contributed by atoms with Gasteiger partial charge in [-0.15, -0.1) is 0 Å². The molecule has 0 aromatic carbocycles. The first-order valence-corrected chi connectivity index (χ1v) is 6.94. The molecule has 0 aromatic rings. The van der Waals surface area contributed by atoms with Crippen molar-refractivity contribution in [3.8, 4) is 0 Å². The number of allylic oxidation sites excluding steroid dienone is 1. The van der Waals surface area contributed by atoms with Gasteiger partial charge in [0, 0.05) is 3.58 Å². The van der Waals surface area contributed by atoms with Gasteiger partial charge in [-0.25, -0.2) is 4.79 Å². The molecule has 0 saturated heterocycles. The number of alkyl halides is 2. The van der Waals surface area contributed by atoms with Gasteiger partial charge in [0.1, 0.15) is 7.35 Å². The minimum Gasteiger partial charge on any atom is -0.481 e. The summed E-state index contributed by atoms with van der Waals surface area (Å²) < 4.78 is -0.0435. The van der Waals surface area contributed by atoms with Gasteiger partial charge in [0.05, 0.1) is 5.57 Å². The Morgan fingerprint density at radius 2 is 1.87 bits per heavy atom. The number of rotatable bonds is 2. The molecular weight excluding hydrogens is 541 g/mol. The predicted molar refractivity (Wildman–Crippen MR) is 79.7 cm³/mol. The number of carbonyl (C=O) groups is 2. The van der Waals surface area contributed by atoms with Crippen LogP contribution in [0.15, 0.2) is 21.3 Å². The van der Waals surface area contributed by atoms with E-state index in [9.17, 15) is 9.59 Å². The van der Waals surface area contributed by atoms with Gasteiger partial charge in [-0.3, -0.25) is 4.79 Å². The molecule has 1 rings (SSSR count).